The fraction of sp³-hybridized carbons (Fsp3) is 0.267. The number of hydrogen-bond acceptors (Lipinski definition) is 7. The van der Waals surface area contributed by atoms with Crippen LogP contribution in [0.1, 0.15) is 12.5 Å². The Hall–Kier alpha value is -3.21. The Balaban J connectivity index is 1.90. The molecule has 0 bridgehead atoms. The predicted octanol–water partition coefficient (Wildman–Crippen LogP) is -0.0614. The number of fused-ring (bicyclic) bond motifs is 1. The van der Waals surface area contributed by atoms with Gasteiger partial charge < -0.3 is 4.74 Å². The Labute approximate surface area is 131 Å². The van der Waals surface area contributed by atoms with Crippen LogP contribution in [0.25, 0.3) is 0 Å². The van der Waals surface area contributed by atoms with Crippen molar-refractivity contribution in [2.45, 2.75) is 13.0 Å². The van der Waals surface area contributed by atoms with Crippen molar-refractivity contribution in [3.63, 3.8) is 0 Å². The molecule has 2 aliphatic rings. The van der Waals surface area contributed by atoms with Gasteiger partial charge in [-0.1, -0.05) is 0 Å². The van der Waals surface area contributed by atoms with Gasteiger partial charge in [-0.3, -0.25) is 15.0 Å². The number of anilines is 1. The minimum absolute atomic E-state index is 0.0913. The van der Waals surface area contributed by atoms with Crippen LogP contribution in [0, 0.1) is 17.2 Å². The molecule has 1 fully saturated rings. The van der Waals surface area contributed by atoms with Crippen molar-refractivity contribution >= 4 is 29.2 Å². The molecule has 3 rings (SSSR count). The smallest absolute Gasteiger partial charge is 0.355 e. The number of nitrogens with one attached hydrogen (secondary N) is 1. The summed E-state index contributed by atoms with van der Waals surface area (Å²) in [6.45, 7) is 1.79. The van der Waals surface area contributed by atoms with Gasteiger partial charge in [0.2, 0.25) is 5.91 Å². The Morgan fingerprint density at radius 1 is 1.35 bits per heavy atom. The van der Waals surface area contributed by atoms with Crippen LogP contribution in [0.5, 0.6) is 0 Å². The molecule has 0 spiro atoms. The third-order valence-corrected chi connectivity index (χ3v) is 3.66. The molecule has 1 N–H and O–H groups in total. The molecule has 1 aromatic carbocycles. The molecule has 1 saturated heterocycles. The van der Waals surface area contributed by atoms with Crippen molar-refractivity contribution in [3.8, 4) is 6.07 Å². The van der Waals surface area contributed by atoms with E-state index in [-0.39, 0.29) is 12.3 Å². The molecule has 1 aromatic rings. The lowest BCUT2D eigenvalue weighted by molar-refractivity contribution is -0.136. The van der Waals surface area contributed by atoms with Gasteiger partial charge in [0.1, 0.15) is 12.0 Å². The summed E-state index contributed by atoms with van der Waals surface area (Å²) in [6.07, 6.45) is 0. The minimum Gasteiger partial charge on any atom is -0.461 e. The highest BCUT2D eigenvalue weighted by atomic mass is 16.5. The van der Waals surface area contributed by atoms with Gasteiger partial charge in [0.05, 0.1) is 23.9 Å². The second-order valence-electron chi connectivity index (χ2n) is 4.97. The van der Waals surface area contributed by atoms with E-state index in [0.29, 0.717) is 11.3 Å². The van der Waals surface area contributed by atoms with Crippen LogP contribution in [0.2, 0.25) is 0 Å². The zero-order valence-electron chi connectivity index (χ0n) is 12.1. The lowest BCUT2D eigenvalue weighted by atomic mass is 9.99. The first-order valence-corrected chi connectivity index (χ1v) is 6.96. The van der Waals surface area contributed by atoms with Crippen molar-refractivity contribution in [1.29, 1.82) is 5.26 Å². The molecule has 2 aliphatic heterocycles. The second kappa shape index (κ2) is 5.53. The zero-order valence-corrected chi connectivity index (χ0v) is 12.1. The SMILES string of the molecule is CCOC(=O)C1=NN[C@H]2C(=O)N(c3ccc(C#N)cc3)C(=O)[C@@H]12. The number of nitriles is 1. The number of nitrogens with zero attached hydrogens (tertiary/aromatic N) is 3. The highest BCUT2D eigenvalue weighted by molar-refractivity contribution is 6.46. The summed E-state index contributed by atoms with van der Waals surface area (Å²) in [6, 6.07) is 7.10. The quantitative estimate of drug-likeness (QED) is 0.618. The normalized spacial score (nSPS) is 22.3. The van der Waals surface area contributed by atoms with E-state index in [1.54, 1.807) is 6.92 Å². The average molecular weight is 312 g/mol. The van der Waals surface area contributed by atoms with Crippen LogP contribution < -0.4 is 10.3 Å². The van der Waals surface area contributed by atoms with Crippen LogP contribution in [0.3, 0.4) is 0 Å². The number of carbonyl (C=O) groups excluding carboxylic acids is 3. The first-order valence-electron chi connectivity index (χ1n) is 6.96. The molecule has 2 heterocycles. The average Bonchev–Trinajstić information content (AvgIpc) is 3.09. The number of carbonyl (C=O) groups is 3. The summed E-state index contributed by atoms with van der Waals surface area (Å²) >= 11 is 0. The lowest BCUT2D eigenvalue weighted by Gasteiger charge is -2.15. The maximum absolute atomic E-state index is 12.6. The maximum Gasteiger partial charge on any atom is 0.355 e. The minimum atomic E-state index is -0.989. The number of benzene rings is 1. The molecule has 23 heavy (non-hydrogen) atoms. The summed E-state index contributed by atoms with van der Waals surface area (Å²) in [5.41, 5.74) is 3.20. The second-order valence-corrected chi connectivity index (χ2v) is 4.97. The summed E-state index contributed by atoms with van der Waals surface area (Å²) in [7, 11) is 0. The molecular weight excluding hydrogens is 300 g/mol. The maximum atomic E-state index is 12.6. The van der Waals surface area contributed by atoms with Crippen LogP contribution in [-0.2, 0) is 19.1 Å². The number of imide groups is 1. The van der Waals surface area contributed by atoms with E-state index in [4.69, 9.17) is 10.00 Å². The molecule has 2 atom stereocenters. The van der Waals surface area contributed by atoms with Gasteiger partial charge in [0, 0.05) is 0 Å². The fourth-order valence-electron chi connectivity index (χ4n) is 2.60. The number of esters is 1. The Bertz CT molecular complexity index is 763. The molecule has 116 valence electrons. The van der Waals surface area contributed by atoms with Crippen molar-refractivity contribution in [2.75, 3.05) is 11.5 Å². The van der Waals surface area contributed by atoms with Crippen LogP contribution in [0.4, 0.5) is 5.69 Å². The molecule has 0 aromatic heterocycles. The Morgan fingerprint density at radius 2 is 2.04 bits per heavy atom. The highest BCUT2D eigenvalue weighted by Crippen LogP contribution is 2.30. The third kappa shape index (κ3) is 2.23. The van der Waals surface area contributed by atoms with Crippen molar-refractivity contribution in [2.24, 2.45) is 11.0 Å². The topological polar surface area (TPSA) is 112 Å². The molecular formula is C15H12N4O4. The molecule has 0 unspecified atom stereocenters. The van der Waals surface area contributed by atoms with Gasteiger partial charge in [0.15, 0.2) is 5.71 Å². The van der Waals surface area contributed by atoms with E-state index < -0.39 is 29.7 Å². The van der Waals surface area contributed by atoms with E-state index >= 15 is 0 Å². The fourth-order valence-corrected chi connectivity index (χ4v) is 2.60. The molecule has 0 saturated carbocycles. The van der Waals surface area contributed by atoms with Gasteiger partial charge in [-0.25, -0.2) is 9.69 Å². The van der Waals surface area contributed by atoms with Crippen molar-refractivity contribution < 1.29 is 19.1 Å². The van der Waals surface area contributed by atoms with Crippen LogP contribution in [0.15, 0.2) is 29.4 Å². The molecule has 0 aliphatic carbocycles. The predicted molar refractivity (Wildman–Crippen MR) is 78.1 cm³/mol. The largest absolute Gasteiger partial charge is 0.461 e. The summed E-state index contributed by atoms with van der Waals surface area (Å²) in [5.74, 6) is -2.73. The number of rotatable bonds is 3. The standard InChI is InChI=1S/C15H12N4O4/c1-2-23-15(22)12-10-11(17-18-12)14(21)19(13(10)20)9-5-3-8(7-16)4-6-9/h3-6,10-11,17H,2H2,1H3/t10-,11-/m1/s1. The molecule has 0 radical (unpaired) electrons. The first-order chi connectivity index (χ1) is 11.1. The van der Waals surface area contributed by atoms with E-state index in [1.807, 2.05) is 6.07 Å². The van der Waals surface area contributed by atoms with Crippen molar-refractivity contribution in [3.05, 3.63) is 29.8 Å². The number of hydrazone groups is 1. The summed E-state index contributed by atoms with van der Waals surface area (Å²) < 4.78 is 4.86. The van der Waals surface area contributed by atoms with Gasteiger partial charge in [-0.05, 0) is 31.2 Å². The van der Waals surface area contributed by atoms with E-state index in [0.717, 1.165) is 4.90 Å². The van der Waals surface area contributed by atoms with E-state index in [1.165, 1.54) is 24.3 Å². The number of amides is 2. The summed E-state index contributed by atoms with van der Waals surface area (Å²) in [5, 5.41) is 12.6. The summed E-state index contributed by atoms with van der Waals surface area (Å²) in [4.78, 5) is 37.9. The van der Waals surface area contributed by atoms with Gasteiger partial charge in [-0.2, -0.15) is 10.4 Å². The first kappa shape index (κ1) is 14.7. The van der Waals surface area contributed by atoms with Crippen LogP contribution in [-0.4, -0.2) is 36.1 Å². The van der Waals surface area contributed by atoms with Gasteiger partial charge >= 0.3 is 5.97 Å². The monoisotopic (exact) mass is 312 g/mol. The number of ether oxygens (including phenoxy) is 1. The highest BCUT2D eigenvalue weighted by Gasteiger charge is 2.55. The van der Waals surface area contributed by atoms with E-state index in [9.17, 15) is 14.4 Å². The van der Waals surface area contributed by atoms with Gasteiger partial charge in [-0.15, -0.1) is 0 Å². The molecule has 8 heteroatoms. The number of hydrogen-bond donors (Lipinski definition) is 1. The van der Waals surface area contributed by atoms with Crippen molar-refractivity contribution in [1.82, 2.24) is 5.43 Å². The Kier molecular flexibility index (Phi) is 3.54. The third-order valence-electron chi connectivity index (χ3n) is 3.66. The Morgan fingerprint density at radius 3 is 2.65 bits per heavy atom. The molecule has 8 nitrogen and oxygen atoms in total. The molecule has 2 amide bonds. The zero-order chi connectivity index (χ0) is 16.6. The van der Waals surface area contributed by atoms with E-state index in [2.05, 4.69) is 10.5 Å². The van der Waals surface area contributed by atoms with Gasteiger partial charge in [0.25, 0.3) is 5.91 Å². The lowest BCUT2D eigenvalue weighted by Crippen LogP contribution is -2.36. The van der Waals surface area contributed by atoms with Crippen LogP contribution >= 0.6 is 0 Å².